The van der Waals surface area contributed by atoms with Crippen molar-refractivity contribution in [3.05, 3.63) is 36.3 Å². The Hall–Kier alpha value is -2.04. The van der Waals surface area contributed by atoms with Crippen LogP contribution in [0.1, 0.15) is 16.3 Å². The number of amides is 1. The van der Waals surface area contributed by atoms with Crippen molar-refractivity contribution >= 4 is 11.9 Å². The molecule has 5 nitrogen and oxygen atoms in total. The summed E-state index contributed by atoms with van der Waals surface area (Å²) in [5.74, 6) is -1.23. The molecular weight excluding hydrogens is 186 g/mol. The van der Waals surface area contributed by atoms with Gasteiger partial charge in [-0.1, -0.05) is 6.58 Å². The average molecular weight is 195 g/mol. The van der Waals surface area contributed by atoms with E-state index in [1.54, 1.807) is 0 Å². The molecule has 74 valence electrons. The van der Waals surface area contributed by atoms with Gasteiger partial charge in [0, 0.05) is 0 Å². The van der Waals surface area contributed by atoms with Crippen LogP contribution in [0.15, 0.2) is 29.2 Å². The topological polar surface area (TPSA) is 79.5 Å². The number of furan rings is 1. The number of carboxylic acid groups (broad SMARTS) is 1. The minimum absolute atomic E-state index is 0.146. The van der Waals surface area contributed by atoms with Crippen LogP contribution in [0, 0.1) is 0 Å². The predicted octanol–water partition coefficient (Wildman–Crippen LogP) is 0.780. The van der Waals surface area contributed by atoms with Gasteiger partial charge in [0.2, 0.25) is 11.7 Å². The zero-order valence-electron chi connectivity index (χ0n) is 7.32. The molecule has 1 amide bonds. The van der Waals surface area contributed by atoms with E-state index in [1.165, 1.54) is 12.1 Å². The minimum Gasteiger partial charge on any atom is -0.475 e. The van der Waals surface area contributed by atoms with E-state index < -0.39 is 5.97 Å². The molecule has 1 rings (SSSR count). The Balaban J connectivity index is 2.56. The van der Waals surface area contributed by atoms with Crippen molar-refractivity contribution in [1.29, 1.82) is 0 Å². The monoisotopic (exact) mass is 195 g/mol. The molecule has 0 aliphatic heterocycles. The molecule has 0 fully saturated rings. The maximum Gasteiger partial charge on any atom is 0.371 e. The molecule has 0 radical (unpaired) electrons. The molecule has 2 N–H and O–H groups in total. The fraction of sp³-hybridized carbons (Fsp3) is 0.111. The second-order valence-electron chi connectivity index (χ2n) is 2.49. The second-order valence-corrected chi connectivity index (χ2v) is 2.49. The lowest BCUT2D eigenvalue weighted by atomic mass is 10.4. The molecule has 0 saturated carbocycles. The first-order valence-corrected chi connectivity index (χ1v) is 3.85. The van der Waals surface area contributed by atoms with Crippen molar-refractivity contribution < 1.29 is 19.1 Å². The summed E-state index contributed by atoms with van der Waals surface area (Å²) in [6.07, 6.45) is 1.13. The summed E-state index contributed by atoms with van der Waals surface area (Å²) in [6.45, 7) is 3.42. The number of carbonyl (C=O) groups is 2. The summed E-state index contributed by atoms with van der Waals surface area (Å²) >= 11 is 0. The van der Waals surface area contributed by atoms with Crippen LogP contribution in [0.5, 0.6) is 0 Å². The summed E-state index contributed by atoms with van der Waals surface area (Å²) in [4.78, 5) is 21.1. The summed E-state index contributed by atoms with van der Waals surface area (Å²) in [5.41, 5.74) is 0. The van der Waals surface area contributed by atoms with E-state index in [0.29, 0.717) is 5.76 Å². The number of nitrogens with one attached hydrogen (secondary N) is 1. The van der Waals surface area contributed by atoms with Crippen molar-refractivity contribution in [3.8, 4) is 0 Å². The van der Waals surface area contributed by atoms with Crippen LogP contribution in [0.2, 0.25) is 0 Å². The molecule has 5 heteroatoms. The van der Waals surface area contributed by atoms with E-state index in [-0.39, 0.29) is 18.2 Å². The lowest BCUT2D eigenvalue weighted by Gasteiger charge is -1.97. The van der Waals surface area contributed by atoms with Crippen LogP contribution >= 0.6 is 0 Å². The quantitative estimate of drug-likeness (QED) is 0.696. The van der Waals surface area contributed by atoms with Crippen LogP contribution in [-0.4, -0.2) is 17.0 Å². The molecule has 0 aromatic carbocycles. The number of carbonyl (C=O) groups excluding carboxylic acids is 1. The second kappa shape index (κ2) is 4.27. The molecule has 0 unspecified atom stereocenters. The molecule has 0 bridgehead atoms. The normalized spacial score (nSPS) is 9.43. The van der Waals surface area contributed by atoms with Gasteiger partial charge in [0.05, 0.1) is 6.54 Å². The van der Waals surface area contributed by atoms with Gasteiger partial charge in [0.15, 0.2) is 0 Å². The SMILES string of the molecule is C=CC(=O)NCc1ccc(C(=O)O)o1. The zero-order chi connectivity index (χ0) is 10.6. The standard InChI is InChI=1S/C9H9NO4/c1-2-8(11)10-5-6-3-4-7(14-6)9(12)13/h2-4H,1,5H2,(H,10,11)(H,12,13). The van der Waals surface area contributed by atoms with Gasteiger partial charge in [-0.15, -0.1) is 0 Å². The molecule has 0 saturated heterocycles. The highest BCUT2D eigenvalue weighted by molar-refractivity contribution is 5.86. The summed E-state index contributed by atoms with van der Waals surface area (Å²) < 4.78 is 4.89. The summed E-state index contributed by atoms with van der Waals surface area (Å²) in [6, 6.07) is 2.82. The van der Waals surface area contributed by atoms with E-state index in [4.69, 9.17) is 9.52 Å². The number of hydrogen-bond acceptors (Lipinski definition) is 3. The van der Waals surface area contributed by atoms with Gasteiger partial charge in [-0.25, -0.2) is 4.79 Å². The highest BCUT2D eigenvalue weighted by atomic mass is 16.4. The first-order valence-electron chi connectivity index (χ1n) is 3.85. The molecule has 0 spiro atoms. The predicted molar refractivity (Wildman–Crippen MR) is 47.7 cm³/mol. The van der Waals surface area contributed by atoms with Crippen LogP contribution < -0.4 is 5.32 Å². The van der Waals surface area contributed by atoms with Gasteiger partial charge in [-0.2, -0.15) is 0 Å². The largest absolute Gasteiger partial charge is 0.475 e. The average Bonchev–Trinajstić information content (AvgIpc) is 2.62. The van der Waals surface area contributed by atoms with Gasteiger partial charge < -0.3 is 14.8 Å². The molecule has 1 aromatic rings. The Kier molecular flexibility index (Phi) is 3.06. The minimum atomic E-state index is -1.13. The fourth-order valence-electron chi connectivity index (χ4n) is 0.834. The third-order valence-electron chi connectivity index (χ3n) is 1.49. The van der Waals surface area contributed by atoms with E-state index in [0.717, 1.165) is 6.08 Å². The van der Waals surface area contributed by atoms with E-state index in [2.05, 4.69) is 11.9 Å². The maximum absolute atomic E-state index is 10.7. The zero-order valence-corrected chi connectivity index (χ0v) is 7.32. The molecule has 0 aliphatic rings. The number of hydrogen-bond donors (Lipinski definition) is 2. The van der Waals surface area contributed by atoms with Gasteiger partial charge >= 0.3 is 5.97 Å². The Bertz CT molecular complexity index is 367. The van der Waals surface area contributed by atoms with Gasteiger partial charge in [0.1, 0.15) is 5.76 Å². The van der Waals surface area contributed by atoms with E-state index in [1.807, 2.05) is 0 Å². The number of aromatic carboxylic acids is 1. The summed E-state index contributed by atoms with van der Waals surface area (Å²) in [5, 5.41) is 11.0. The van der Waals surface area contributed by atoms with Crippen LogP contribution in [0.3, 0.4) is 0 Å². The highest BCUT2D eigenvalue weighted by Crippen LogP contribution is 2.07. The number of carboxylic acids is 1. The first-order chi connectivity index (χ1) is 6.63. The fourth-order valence-corrected chi connectivity index (χ4v) is 0.834. The molecule has 14 heavy (non-hydrogen) atoms. The Morgan fingerprint density at radius 3 is 2.79 bits per heavy atom. The Morgan fingerprint density at radius 1 is 1.57 bits per heavy atom. The van der Waals surface area contributed by atoms with Gasteiger partial charge in [-0.05, 0) is 18.2 Å². The Morgan fingerprint density at radius 2 is 2.29 bits per heavy atom. The van der Waals surface area contributed by atoms with Crippen LogP contribution in [0.25, 0.3) is 0 Å². The lowest BCUT2D eigenvalue weighted by Crippen LogP contribution is -2.19. The van der Waals surface area contributed by atoms with E-state index >= 15 is 0 Å². The molecule has 0 atom stereocenters. The van der Waals surface area contributed by atoms with E-state index in [9.17, 15) is 9.59 Å². The van der Waals surface area contributed by atoms with Crippen molar-refractivity contribution in [1.82, 2.24) is 5.32 Å². The van der Waals surface area contributed by atoms with Gasteiger partial charge in [0.25, 0.3) is 0 Å². The lowest BCUT2D eigenvalue weighted by molar-refractivity contribution is -0.116. The van der Waals surface area contributed by atoms with Crippen LogP contribution in [0.4, 0.5) is 0 Å². The van der Waals surface area contributed by atoms with Crippen molar-refractivity contribution in [2.45, 2.75) is 6.54 Å². The van der Waals surface area contributed by atoms with Crippen molar-refractivity contribution in [2.24, 2.45) is 0 Å². The third kappa shape index (κ3) is 2.48. The number of rotatable bonds is 4. The van der Waals surface area contributed by atoms with Crippen molar-refractivity contribution in [2.75, 3.05) is 0 Å². The van der Waals surface area contributed by atoms with Crippen molar-refractivity contribution in [3.63, 3.8) is 0 Å². The molecular formula is C9H9NO4. The van der Waals surface area contributed by atoms with Gasteiger partial charge in [-0.3, -0.25) is 4.79 Å². The van der Waals surface area contributed by atoms with Crippen LogP contribution in [-0.2, 0) is 11.3 Å². The highest BCUT2D eigenvalue weighted by Gasteiger charge is 2.08. The summed E-state index contributed by atoms with van der Waals surface area (Å²) in [7, 11) is 0. The smallest absolute Gasteiger partial charge is 0.371 e. The first kappa shape index (κ1) is 10.0. The third-order valence-corrected chi connectivity index (χ3v) is 1.49. The molecule has 0 aliphatic carbocycles. The Labute approximate surface area is 80.0 Å². The molecule has 1 aromatic heterocycles. The molecule has 1 heterocycles. The maximum atomic E-state index is 10.7.